The van der Waals surface area contributed by atoms with Gasteiger partial charge in [-0.3, -0.25) is 9.59 Å². The van der Waals surface area contributed by atoms with Crippen LogP contribution in [0.15, 0.2) is 47.4 Å². The first-order chi connectivity index (χ1) is 16.1. The molecule has 2 heterocycles. The fourth-order valence-electron chi connectivity index (χ4n) is 4.50. The Labute approximate surface area is 196 Å². The molecule has 0 spiro atoms. The lowest BCUT2D eigenvalue weighted by Gasteiger charge is -2.39. The normalized spacial score (nSPS) is 24.7. The van der Waals surface area contributed by atoms with Gasteiger partial charge in [-0.05, 0) is 60.7 Å². The molecule has 5 rings (SSSR count). The number of fused-ring (bicyclic) bond motifs is 2. The average Bonchev–Trinajstić information content (AvgIpc) is 3.31. The van der Waals surface area contributed by atoms with Gasteiger partial charge in [0, 0.05) is 23.8 Å². The third-order valence-corrected chi connectivity index (χ3v) is 7.70. The van der Waals surface area contributed by atoms with Crippen LogP contribution in [0.2, 0.25) is 0 Å². The Balaban J connectivity index is 1.17. The van der Waals surface area contributed by atoms with Gasteiger partial charge in [0.2, 0.25) is 12.7 Å². The van der Waals surface area contributed by atoms with Crippen molar-refractivity contribution >= 4 is 29.7 Å². The minimum atomic E-state index is -0.106. The van der Waals surface area contributed by atoms with E-state index in [2.05, 4.69) is 10.6 Å². The first-order valence-corrected chi connectivity index (χ1v) is 12.0. The molecule has 0 aromatic heterocycles. The molecule has 1 saturated carbocycles. The second-order valence-corrected chi connectivity index (χ2v) is 9.72. The largest absolute Gasteiger partial charge is 0.497 e. The summed E-state index contributed by atoms with van der Waals surface area (Å²) in [5.74, 6) is 2.05. The van der Waals surface area contributed by atoms with Gasteiger partial charge in [0.15, 0.2) is 11.5 Å². The summed E-state index contributed by atoms with van der Waals surface area (Å²) in [7, 11) is 1.63. The summed E-state index contributed by atoms with van der Waals surface area (Å²) in [4.78, 5) is 26.3. The molecule has 1 aliphatic carbocycles. The number of benzene rings is 2. The smallest absolute Gasteiger partial charge is 0.257 e. The van der Waals surface area contributed by atoms with Crippen LogP contribution in [0.4, 0.5) is 0 Å². The number of hydrogen-bond acceptors (Lipinski definition) is 6. The number of methoxy groups -OCH3 is 1. The van der Waals surface area contributed by atoms with Gasteiger partial charge in [-0.15, -0.1) is 11.8 Å². The molecule has 172 valence electrons. The molecule has 2 aromatic rings. The second kappa shape index (κ2) is 9.39. The molecule has 2 N–H and O–H groups in total. The van der Waals surface area contributed by atoms with Gasteiger partial charge in [-0.2, -0.15) is 0 Å². The van der Waals surface area contributed by atoms with Gasteiger partial charge in [0.25, 0.3) is 5.91 Å². The molecule has 33 heavy (non-hydrogen) atoms. The molecule has 7 nitrogen and oxygen atoms in total. The molecule has 2 aromatic carbocycles. The summed E-state index contributed by atoms with van der Waals surface area (Å²) in [6.07, 6.45) is 4.25. The van der Waals surface area contributed by atoms with Crippen LogP contribution in [-0.2, 0) is 16.1 Å². The maximum atomic E-state index is 12.8. The first kappa shape index (κ1) is 21.7. The zero-order chi connectivity index (χ0) is 22.8. The maximum Gasteiger partial charge on any atom is 0.257 e. The number of rotatable bonds is 5. The van der Waals surface area contributed by atoms with E-state index in [1.165, 1.54) is 0 Å². The Morgan fingerprint density at radius 3 is 2.97 bits per heavy atom. The maximum absolute atomic E-state index is 12.8. The fraction of sp³-hybridized carbons (Fsp3) is 0.360. The number of carbonyl (C=O) groups is 2. The predicted octanol–water partition coefficient (Wildman–Crippen LogP) is 3.48. The van der Waals surface area contributed by atoms with Crippen LogP contribution < -0.4 is 24.8 Å². The summed E-state index contributed by atoms with van der Waals surface area (Å²) >= 11 is 1.62. The van der Waals surface area contributed by atoms with Crippen LogP contribution in [0.25, 0.3) is 6.08 Å². The van der Waals surface area contributed by atoms with Crippen molar-refractivity contribution in [3.05, 3.63) is 58.5 Å². The van der Waals surface area contributed by atoms with Crippen molar-refractivity contribution in [2.45, 2.75) is 37.1 Å². The van der Waals surface area contributed by atoms with Gasteiger partial charge < -0.3 is 24.8 Å². The number of hydrogen-bond donors (Lipinski definition) is 2. The van der Waals surface area contributed by atoms with Crippen molar-refractivity contribution in [3.63, 3.8) is 0 Å². The third kappa shape index (κ3) is 4.80. The number of thioether (sulfide) groups is 1. The quantitative estimate of drug-likeness (QED) is 0.657. The van der Waals surface area contributed by atoms with Gasteiger partial charge in [0.05, 0.1) is 12.0 Å². The summed E-state index contributed by atoms with van der Waals surface area (Å²) in [5, 5.41) is 6.45. The van der Waals surface area contributed by atoms with Crippen LogP contribution in [0, 0.1) is 5.92 Å². The number of amides is 2. The van der Waals surface area contributed by atoms with E-state index in [1.807, 2.05) is 48.5 Å². The van der Waals surface area contributed by atoms with Crippen molar-refractivity contribution in [3.8, 4) is 17.2 Å². The highest BCUT2D eigenvalue weighted by Gasteiger charge is 2.39. The highest BCUT2D eigenvalue weighted by atomic mass is 32.2. The van der Waals surface area contributed by atoms with Crippen LogP contribution in [0.3, 0.4) is 0 Å². The molecule has 1 saturated heterocycles. The highest BCUT2D eigenvalue weighted by Crippen LogP contribution is 2.40. The van der Waals surface area contributed by atoms with Crippen LogP contribution >= 0.6 is 11.8 Å². The van der Waals surface area contributed by atoms with E-state index in [1.54, 1.807) is 18.9 Å². The Hall–Kier alpha value is -3.13. The van der Waals surface area contributed by atoms with Crippen LogP contribution in [-0.4, -0.2) is 37.0 Å². The predicted molar refractivity (Wildman–Crippen MR) is 126 cm³/mol. The third-order valence-electron chi connectivity index (χ3n) is 6.27. The van der Waals surface area contributed by atoms with Gasteiger partial charge in [-0.25, -0.2) is 0 Å². The lowest BCUT2D eigenvalue weighted by molar-refractivity contribution is -0.127. The Morgan fingerprint density at radius 2 is 2.09 bits per heavy atom. The van der Waals surface area contributed by atoms with Crippen molar-refractivity contribution in [1.29, 1.82) is 0 Å². The average molecular weight is 467 g/mol. The SMILES string of the molecule is COc1cccc(/C=C2/SC3CCC(C(=O)NCc4ccc5c(c4)OCO5)CC3NC2=O)c1. The molecular weight excluding hydrogens is 440 g/mol. The van der Waals surface area contributed by atoms with E-state index in [0.29, 0.717) is 23.6 Å². The van der Waals surface area contributed by atoms with Crippen LogP contribution in [0.5, 0.6) is 17.2 Å². The van der Waals surface area contributed by atoms with Crippen molar-refractivity contribution in [2.24, 2.45) is 5.92 Å². The van der Waals surface area contributed by atoms with E-state index in [-0.39, 0.29) is 35.8 Å². The van der Waals surface area contributed by atoms with Crippen LogP contribution in [0.1, 0.15) is 30.4 Å². The summed E-state index contributed by atoms with van der Waals surface area (Å²) in [5.41, 5.74) is 1.90. The lowest BCUT2D eigenvalue weighted by Crippen LogP contribution is -2.51. The molecule has 2 aliphatic heterocycles. The topological polar surface area (TPSA) is 85.9 Å². The molecule has 3 unspecified atom stereocenters. The van der Waals surface area contributed by atoms with E-state index < -0.39 is 0 Å². The zero-order valence-corrected chi connectivity index (χ0v) is 19.2. The highest BCUT2D eigenvalue weighted by molar-refractivity contribution is 8.04. The monoisotopic (exact) mass is 466 g/mol. The minimum Gasteiger partial charge on any atom is -0.497 e. The summed E-state index contributed by atoms with van der Waals surface area (Å²) in [6.45, 7) is 0.671. The molecule has 2 fully saturated rings. The molecule has 8 heteroatoms. The second-order valence-electron chi connectivity index (χ2n) is 8.44. The fourth-order valence-corrected chi connectivity index (χ4v) is 5.79. The van der Waals surface area contributed by atoms with E-state index in [4.69, 9.17) is 14.2 Å². The van der Waals surface area contributed by atoms with Crippen molar-refractivity contribution in [2.75, 3.05) is 13.9 Å². The van der Waals surface area contributed by atoms with E-state index >= 15 is 0 Å². The molecule has 0 radical (unpaired) electrons. The van der Waals surface area contributed by atoms with Gasteiger partial charge >= 0.3 is 0 Å². The Bertz CT molecular complexity index is 1100. The molecular formula is C25H26N2O5S. The van der Waals surface area contributed by atoms with Crippen molar-refractivity contribution < 1.29 is 23.8 Å². The Kier molecular flexibility index (Phi) is 6.17. The first-order valence-electron chi connectivity index (χ1n) is 11.1. The molecule has 2 amide bonds. The molecule has 3 atom stereocenters. The molecule has 0 bridgehead atoms. The standard InChI is InChI=1S/C25H26N2O5S/c1-30-18-4-2-3-15(9-18)11-23-25(29)27-19-12-17(6-8-22(19)33-23)24(28)26-13-16-5-7-20-21(10-16)32-14-31-20/h2-5,7,9-11,17,19,22H,6,8,12-14H2,1H3,(H,26,28)(H,27,29)/b23-11+. The van der Waals surface area contributed by atoms with Gasteiger partial charge in [-0.1, -0.05) is 18.2 Å². The van der Waals surface area contributed by atoms with Gasteiger partial charge in [0.1, 0.15) is 5.75 Å². The number of nitrogens with one attached hydrogen (secondary N) is 2. The summed E-state index contributed by atoms with van der Waals surface area (Å²) < 4.78 is 16.0. The van der Waals surface area contributed by atoms with E-state index in [0.717, 1.165) is 35.5 Å². The lowest BCUT2D eigenvalue weighted by atomic mass is 9.84. The van der Waals surface area contributed by atoms with Crippen molar-refractivity contribution in [1.82, 2.24) is 10.6 Å². The summed E-state index contributed by atoms with van der Waals surface area (Å²) in [6, 6.07) is 13.3. The minimum absolute atomic E-state index is 0.00000255. The zero-order valence-electron chi connectivity index (χ0n) is 18.3. The number of carbonyl (C=O) groups excluding carboxylic acids is 2. The van der Waals surface area contributed by atoms with E-state index in [9.17, 15) is 9.59 Å². The molecule has 3 aliphatic rings. The Morgan fingerprint density at radius 1 is 1.21 bits per heavy atom. The number of ether oxygens (including phenoxy) is 3.